The van der Waals surface area contributed by atoms with Gasteiger partial charge in [0.15, 0.2) is 0 Å². The SMILES string of the molecule is C=C.COc1ccc(OP(OCC2CCC(n3ccc(=O)[nH]c3=O)O2)Oc2ccc(OC)cc2)cc1. The molecule has 0 amide bonds. The first-order valence-electron chi connectivity index (χ1n) is 11.1. The van der Waals surface area contributed by atoms with Crippen molar-refractivity contribution in [2.75, 3.05) is 20.8 Å². The topological polar surface area (TPSA) is 110 Å². The number of nitrogens with zero attached hydrogens (tertiary/aromatic N) is 1. The highest BCUT2D eigenvalue weighted by atomic mass is 31.2. The van der Waals surface area contributed by atoms with E-state index in [-0.39, 0.29) is 12.7 Å². The van der Waals surface area contributed by atoms with E-state index in [2.05, 4.69) is 18.1 Å². The number of nitrogens with one attached hydrogen (secondary N) is 1. The molecule has 3 aromatic rings. The molecule has 36 heavy (non-hydrogen) atoms. The molecule has 11 heteroatoms. The summed E-state index contributed by atoms with van der Waals surface area (Å²) in [6.45, 7) is 6.20. The highest BCUT2D eigenvalue weighted by molar-refractivity contribution is 7.42. The molecular weight excluding hydrogens is 487 g/mol. The predicted octanol–water partition coefficient (Wildman–Crippen LogP) is 4.44. The van der Waals surface area contributed by atoms with E-state index >= 15 is 0 Å². The molecule has 1 N–H and O–H groups in total. The van der Waals surface area contributed by atoms with Crippen molar-refractivity contribution in [2.24, 2.45) is 0 Å². The number of benzene rings is 2. The Hall–Kier alpha value is -3.59. The van der Waals surface area contributed by atoms with Crippen LogP contribution in [0.4, 0.5) is 0 Å². The van der Waals surface area contributed by atoms with Gasteiger partial charge >= 0.3 is 14.3 Å². The van der Waals surface area contributed by atoms with Crippen molar-refractivity contribution in [1.29, 1.82) is 0 Å². The summed E-state index contributed by atoms with van der Waals surface area (Å²) in [5.74, 6) is 2.53. The summed E-state index contributed by atoms with van der Waals surface area (Å²) >= 11 is 0. The lowest BCUT2D eigenvalue weighted by Crippen LogP contribution is -2.31. The number of H-pyrrole nitrogens is 1. The maximum Gasteiger partial charge on any atom is 0.463 e. The van der Waals surface area contributed by atoms with Gasteiger partial charge in [-0.1, -0.05) is 0 Å². The van der Waals surface area contributed by atoms with Crippen LogP contribution in [-0.2, 0) is 9.26 Å². The van der Waals surface area contributed by atoms with Crippen LogP contribution in [-0.4, -0.2) is 36.5 Å². The molecule has 1 aliphatic rings. The second-order valence-corrected chi connectivity index (χ2v) is 8.43. The zero-order chi connectivity index (χ0) is 25.9. The molecule has 0 aliphatic carbocycles. The Bertz CT molecular complexity index is 1150. The van der Waals surface area contributed by atoms with E-state index in [4.69, 9.17) is 27.8 Å². The zero-order valence-electron chi connectivity index (χ0n) is 20.1. The molecule has 0 saturated carbocycles. The summed E-state index contributed by atoms with van der Waals surface area (Å²) in [7, 11) is 1.37. The third kappa shape index (κ3) is 7.45. The van der Waals surface area contributed by atoms with Crippen molar-refractivity contribution in [3.63, 3.8) is 0 Å². The average molecular weight is 516 g/mol. The Morgan fingerprint density at radius 3 is 1.92 bits per heavy atom. The fourth-order valence-electron chi connectivity index (χ4n) is 3.33. The van der Waals surface area contributed by atoms with Gasteiger partial charge in [-0.3, -0.25) is 18.9 Å². The van der Waals surface area contributed by atoms with Gasteiger partial charge in [0.2, 0.25) is 0 Å². The largest absolute Gasteiger partial charge is 0.497 e. The van der Waals surface area contributed by atoms with E-state index < -0.39 is 26.1 Å². The maximum absolute atomic E-state index is 12.0. The van der Waals surface area contributed by atoms with Gasteiger partial charge in [0.1, 0.15) is 29.2 Å². The van der Waals surface area contributed by atoms with Crippen molar-refractivity contribution < 1.29 is 27.8 Å². The third-order valence-electron chi connectivity index (χ3n) is 5.09. The van der Waals surface area contributed by atoms with Crippen molar-refractivity contribution in [1.82, 2.24) is 9.55 Å². The minimum Gasteiger partial charge on any atom is -0.497 e. The number of ether oxygens (including phenoxy) is 3. The lowest BCUT2D eigenvalue weighted by molar-refractivity contribution is -0.0211. The third-order valence-corrected chi connectivity index (χ3v) is 6.17. The Kier molecular flexibility index (Phi) is 10.1. The first-order valence-corrected chi connectivity index (χ1v) is 12.2. The summed E-state index contributed by atoms with van der Waals surface area (Å²) in [5, 5.41) is 0. The van der Waals surface area contributed by atoms with Crippen LogP contribution < -0.4 is 29.8 Å². The lowest BCUT2D eigenvalue weighted by atomic mass is 10.2. The first kappa shape index (κ1) is 27.0. The molecule has 0 spiro atoms. The van der Waals surface area contributed by atoms with Gasteiger partial charge < -0.3 is 23.3 Å². The number of hydrogen-bond donors (Lipinski definition) is 1. The first-order chi connectivity index (χ1) is 17.5. The normalized spacial score (nSPS) is 16.6. The van der Waals surface area contributed by atoms with Crippen LogP contribution >= 0.6 is 8.60 Å². The van der Waals surface area contributed by atoms with E-state index in [1.807, 2.05) is 0 Å². The summed E-state index contributed by atoms with van der Waals surface area (Å²) in [6, 6.07) is 15.5. The highest BCUT2D eigenvalue weighted by Gasteiger charge is 2.29. The van der Waals surface area contributed by atoms with Gasteiger partial charge in [0, 0.05) is 12.3 Å². The van der Waals surface area contributed by atoms with E-state index in [0.717, 1.165) is 0 Å². The molecular formula is C25H29N2O8P. The van der Waals surface area contributed by atoms with Crippen molar-refractivity contribution in [3.8, 4) is 23.0 Å². The quantitative estimate of drug-likeness (QED) is 0.311. The molecule has 2 atom stereocenters. The minimum absolute atomic E-state index is 0.201. The van der Waals surface area contributed by atoms with E-state index in [1.165, 1.54) is 16.8 Å². The van der Waals surface area contributed by atoms with E-state index in [1.54, 1.807) is 62.8 Å². The van der Waals surface area contributed by atoms with Crippen LogP contribution in [0.3, 0.4) is 0 Å². The molecule has 2 aromatic carbocycles. The Labute approximate surface area is 210 Å². The maximum atomic E-state index is 12.0. The fraction of sp³-hybridized carbons (Fsp3) is 0.280. The summed E-state index contributed by atoms with van der Waals surface area (Å²) in [6.07, 6.45) is 1.96. The van der Waals surface area contributed by atoms with Crippen LogP contribution in [0.15, 0.2) is 83.5 Å². The van der Waals surface area contributed by atoms with Gasteiger partial charge in [-0.25, -0.2) is 4.79 Å². The molecule has 0 radical (unpaired) electrons. The zero-order valence-corrected chi connectivity index (χ0v) is 21.0. The fourth-order valence-corrected chi connectivity index (χ4v) is 4.35. The number of rotatable bonds is 10. The van der Waals surface area contributed by atoms with Crippen molar-refractivity contribution in [2.45, 2.75) is 25.2 Å². The minimum atomic E-state index is -1.81. The average Bonchev–Trinajstić information content (AvgIpc) is 3.38. The van der Waals surface area contributed by atoms with Crippen LogP contribution in [0.2, 0.25) is 0 Å². The van der Waals surface area contributed by atoms with Gasteiger partial charge in [-0.2, -0.15) is 0 Å². The second kappa shape index (κ2) is 13.5. The van der Waals surface area contributed by atoms with Crippen molar-refractivity contribution >= 4 is 8.60 Å². The smallest absolute Gasteiger partial charge is 0.463 e. The highest BCUT2D eigenvalue weighted by Crippen LogP contribution is 2.43. The molecule has 10 nitrogen and oxygen atoms in total. The molecule has 2 heterocycles. The van der Waals surface area contributed by atoms with Gasteiger partial charge in [0.25, 0.3) is 5.56 Å². The Morgan fingerprint density at radius 1 is 0.889 bits per heavy atom. The van der Waals surface area contributed by atoms with Gasteiger partial charge in [-0.15, -0.1) is 13.2 Å². The molecule has 1 aliphatic heterocycles. The summed E-state index contributed by atoms with van der Waals surface area (Å²) in [5.41, 5.74) is -0.955. The second-order valence-electron chi connectivity index (χ2n) is 7.36. The molecule has 0 bridgehead atoms. The van der Waals surface area contributed by atoms with Crippen LogP contribution in [0, 0.1) is 0 Å². The molecule has 192 valence electrons. The van der Waals surface area contributed by atoms with Crippen molar-refractivity contribution in [3.05, 3.63) is 94.8 Å². The number of methoxy groups -OCH3 is 2. The van der Waals surface area contributed by atoms with E-state index in [9.17, 15) is 9.59 Å². The Balaban J connectivity index is 0.00000176. The number of aromatic nitrogens is 2. The molecule has 2 unspecified atom stereocenters. The monoisotopic (exact) mass is 516 g/mol. The van der Waals surface area contributed by atoms with Crippen LogP contribution in [0.5, 0.6) is 23.0 Å². The van der Waals surface area contributed by atoms with Crippen LogP contribution in [0.25, 0.3) is 0 Å². The Morgan fingerprint density at radius 2 is 1.42 bits per heavy atom. The standard InChI is InChI=1S/C23H25N2O8P.C2H4/c1-28-16-3-7-18(8-4-16)32-34(33-19-9-5-17(29-2)6-10-19)30-15-20-11-12-22(31-20)25-14-13-21(26)24-23(25)27;1-2/h3-10,13-14,20,22H,11-12,15H2,1-2H3,(H,24,26,27);1-2H2. The van der Waals surface area contributed by atoms with E-state index in [0.29, 0.717) is 35.8 Å². The van der Waals surface area contributed by atoms with Crippen LogP contribution in [0.1, 0.15) is 19.1 Å². The van der Waals surface area contributed by atoms with Gasteiger partial charge in [0.05, 0.1) is 26.9 Å². The molecule has 4 rings (SSSR count). The summed E-state index contributed by atoms with van der Waals surface area (Å²) in [4.78, 5) is 25.6. The number of hydrogen-bond acceptors (Lipinski definition) is 8. The lowest BCUT2D eigenvalue weighted by Gasteiger charge is -2.20. The van der Waals surface area contributed by atoms with Gasteiger partial charge in [-0.05, 0) is 61.4 Å². The number of aromatic amines is 1. The molecule has 1 aromatic heterocycles. The molecule has 1 saturated heterocycles. The molecule has 1 fully saturated rings. The predicted molar refractivity (Wildman–Crippen MR) is 136 cm³/mol. The summed E-state index contributed by atoms with van der Waals surface area (Å²) < 4.78 is 35.6.